The molecule has 3 aromatic rings. The molecule has 0 fully saturated rings. The van der Waals surface area contributed by atoms with Crippen molar-refractivity contribution >= 4 is 33.2 Å². The Labute approximate surface area is 91.9 Å². The van der Waals surface area contributed by atoms with Gasteiger partial charge in [0, 0.05) is 16.5 Å². The number of aromatic nitrogens is 2. The van der Waals surface area contributed by atoms with Gasteiger partial charge in [-0.3, -0.25) is 0 Å². The zero-order chi connectivity index (χ0) is 11.1. The van der Waals surface area contributed by atoms with E-state index in [0.29, 0.717) is 5.82 Å². The topological polar surface area (TPSA) is 77.8 Å². The van der Waals surface area contributed by atoms with Gasteiger partial charge in [0.1, 0.15) is 12.1 Å². The molecule has 0 aliphatic carbocycles. The second-order valence-electron chi connectivity index (χ2n) is 3.70. The van der Waals surface area contributed by atoms with Crippen LogP contribution >= 0.6 is 0 Å². The molecule has 4 heteroatoms. The Morgan fingerprint density at radius 1 is 0.875 bits per heavy atom. The van der Waals surface area contributed by atoms with Gasteiger partial charge in [-0.15, -0.1) is 0 Å². The molecular weight excluding hydrogens is 200 g/mol. The summed E-state index contributed by atoms with van der Waals surface area (Å²) in [4.78, 5) is 8.24. The van der Waals surface area contributed by atoms with E-state index in [1.54, 1.807) is 0 Å². The maximum Gasteiger partial charge on any atom is 0.134 e. The lowest BCUT2D eigenvalue weighted by Crippen LogP contribution is -1.93. The Balaban J connectivity index is 2.55. The van der Waals surface area contributed by atoms with Crippen LogP contribution in [0.1, 0.15) is 0 Å². The Morgan fingerprint density at radius 3 is 2.56 bits per heavy atom. The number of rotatable bonds is 0. The molecule has 0 amide bonds. The largest absolute Gasteiger partial charge is 0.399 e. The fourth-order valence-corrected chi connectivity index (χ4v) is 1.90. The van der Waals surface area contributed by atoms with Crippen LogP contribution in [0.15, 0.2) is 36.7 Å². The molecule has 0 aliphatic rings. The molecule has 0 saturated heterocycles. The minimum absolute atomic E-state index is 0.503. The highest BCUT2D eigenvalue weighted by molar-refractivity contribution is 6.08. The van der Waals surface area contributed by atoms with Crippen LogP contribution in [0.4, 0.5) is 11.5 Å². The van der Waals surface area contributed by atoms with Crippen LogP contribution in [-0.2, 0) is 0 Å². The summed E-state index contributed by atoms with van der Waals surface area (Å²) in [5, 5.41) is 2.98. The summed E-state index contributed by atoms with van der Waals surface area (Å²) in [5.74, 6) is 0.503. The van der Waals surface area contributed by atoms with E-state index in [2.05, 4.69) is 9.97 Å². The van der Waals surface area contributed by atoms with Gasteiger partial charge in [-0.2, -0.15) is 0 Å². The molecule has 0 spiro atoms. The van der Waals surface area contributed by atoms with Crippen molar-refractivity contribution in [1.29, 1.82) is 0 Å². The van der Waals surface area contributed by atoms with Gasteiger partial charge < -0.3 is 11.5 Å². The summed E-state index contributed by atoms with van der Waals surface area (Å²) in [6, 6.07) is 9.65. The summed E-state index contributed by atoms with van der Waals surface area (Å²) in [6.45, 7) is 0. The zero-order valence-electron chi connectivity index (χ0n) is 8.51. The first-order valence-corrected chi connectivity index (χ1v) is 4.94. The average Bonchev–Trinajstić information content (AvgIpc) is 2.28. The molecule has 0 unspecified atom stereocenters. The highest BCUT2D eigenvalue weighted by Gasteiger charge is 2.04. The van der Waals surface area contributed by atoms with E-state index >= 15 is 0 Å². The van der Waals surface area contributed by atoms with Crippen LogP contribution in [-0.4, -0.2) is 9.97 Å². The summed E-state index contributed by atoms with van der Waals surface area (Å²) in [6.07, 6.45) is 1.48. The van der Waals surface area contributed by atoms with Crippen LogP contribution in [0.25, 0.3) is 21.7 Å². The first-order chi connectivity index (χ1) is 7.75. The van der Waals surface area contributed by atoms with Crippen molar-refractivity contribution in [1.82, 2.24) is 9.97 Å². The van der Waals surface area contributed by atoms with Gasteiger partial charge in [-0.1, -0.05) is 12.1 Å². The number of nitrogens with zero attached hydrogens (tertiary/aromatic N) is 2. The quantitative estimate of drug-likeness (QED) is 0.439. The van der Waals surface area contributed by atoms with E-state index in [0.717, 1.165) is 27.4 Å². The maximum atomic E-state index is 5.80. The standard InChI is InChI=1S/C12H10N4/c13-8-2-4-9-7(5-8)1-3-10-11(9)15-6-16-12(10)14/h1-6H,13H2,(H2,14,15,16). The van der Waals surface area contributed by atoms with E-state index in [9.17, 15) is 0 Å². The van der Waals surface area contributed by atoms with Crippen LogP contribution in [0.2, 0.25) is 0 Å². The number of anilines is 2. The van der Waals surface area contributed by atoms with Crippen molar-refractivity contribution in [2.75, 3.05) is 11.5 Å². The van der Waals surface area contributed by atoms with Crippen molar-refractivity contribution in [3.63, 3.8) is 0 Å². The fraction of sp³-hybridized carbons (Fsp3) is 0. The Bertz CT molecular complexity index is 691. The summed E-state index contributed by atoms with van der Waals surface area (Å²) >= 11 is 0. The predicted octanol–water partition coefficient (Wildman–Crippen LogP) is 1.95. The van der Waals surface area contributed by atoms with Crippen molar-refractivity contribution in [3.8, 4) is 0 Å². The van der Waals surface area contributed by atoms with Gasteiger partial charge in [0.25, 0.3) is 0 Å². The highest BCUT2D eigenvalue weighted by Crippen LogP contribution is 2.27. The number of fused-ring (bicyclic) bond motifs is 3. The lowest BCUT2D eigenvalue weighted by molar-refractivity contribution is 1.23. The molecule has 78 valence electrons. The molecule has 2 aromatic carbocycles. The molecule has 0 saturated carbocycles. The van der Waals surface area contributed by atoms with Crippen LogP contribution < -0.4 is 11.5 Å². The minimum atomic E-state index is 0.503. The second kappa shape index (κ2) is 3.06. The molecule has 1 heterocycles. The third-order valence-electron chi connectivity index (χ3n) is 2.68. The fourth-order valence-electron chi connectivity index (χ4n) is 1.90. The number of hydrogen-bond acceptors (Lipinski definition) is 4. The van der Waals surface area contributed by atoms with Gasteiger partial charge >= 0.3 is 0 Å². The van der Waals surface area contributed by atoms with E-state index in [4.69, 9.17) is 11.5 Å². The number of benzene rings is 2. The molecule has 0 atom stereocenters. The molecular formula is C12H10N4. The second-order valence-corrected chi connectivity index (χ2v) is 3.70. The SMILES string of the molecule is Nc1ccc2c(ccc3c(N)ncnc32)c1. The van der Waals surface area contributed by atoms with Gasteiger partial charge in [0.05, 0.1) is 5.52 Å². The smallest absolute Gasteiger partial charge is 0.134 e. The molecule has 4 nitrogen and oxygen atoms in total. The molecule has 4 N–H and O–H groups in total. The van der Waals surface area contributed by atoms with E-state index in [1.165, 1.54) is 6.33 Å². The minimum Gasteiger partial charge on any atom is -0.399 e. The first-order valence-electron chi connectivity index (χ1n) is 4.94. The molecule has 0 aliphatic heterocycles. The van der Waals surface area contributed by atoms with Crippen LogP contribution in [0.3, 0.4) is 0 Å². The Morgan fingerprint density at radius 2 is 1.69 bits per heavy atom. The number of nitrogens with two attached hydrogens (primary N) is 2. The van der Waals surface area contributed by atoms with Crippen molar-refractivity contribution < 1.29 is 0 Å². The summed E-state index contributed by atoms with van der Waals surface area (Å²) < 4.78 is 0. The van der Waals surface area contributed by atoms with E-state index in [1.807, 2.05) is 30.3 Å². The third kappa shape index (κ3) is 1.16. The number of hydrogen-bond donors (Lipinski definition) is 2. The lowest BCUT2D eigenvalue weighted by atomic mass is 10.1. The highest BCUT2D eigenvalue weighted by atomic mass is 14.9. The lowest BCUT2D eigenvalue weighted by Gasteiger charge is -2.04. The van der Waals surface area contributed by atoms with Crippen LogP contribution in [0, 0.1) is 0 Å². The molecule has 1 aromatic heterocycles. The van der Waals surface area contributed by atoms with E-state index in [-0.39, 0.29) is 0 Å². The van der Waals surface area contributed by atoms with Crippen molar-refractivity contribution in [3.05, 3.63) is 36.7 Å². The number of nitrogen functional groups attached to an aromatic ring is 2. The monoisotopic (exact) mass is 210 g/mol. The van der Waals surface area contributed by atoms with Gasteiger partial charge in [-0.05, 0) is 23.6 Å². The van der Waals surface area contributed by atoms with Gasteiger partial charge in [0.2, 0.25) is 0 Å². The van der Waals surface area contributed by atoms with Crippen molar-refractivity contribution in [2.24, 2.45) is 0 Å². The average molecular weight is 210 g/mol. The predicted molar refractivity (Wildman–Crippen MR) is 65.9 cm³/mol. The Kier molecular flexibility index (Phi) is 1.71. The third-order valence-corrected chi connectivity index (χ3v) is 2.68. The maximum absolute atomic E-state index is 5.80. The summed E-state index contributed by atoms with van der Waals surface area (Å²) in [5.41, 5.74) is 13.2. The zero-order valence-corrected chi connectivity index (χ0v) is 8.51. The van der Waals surface area contributed by atoms with Gasteiger partial charge in [0.15, 0.2) is 0 Å². The van der Waals surface area contributed by atoms with E-state index < -0.39 is 0 Å². The summed E-state index contributed by atoms with van der Waals surface area (Å²) in [7, 11) is 0. The normalized spacial score (nSPS) is 11.0. The van der Waals surface area contributed by atoms with Crippen molar-refractivity contribution in [2.45, 2.75) is 0 Å². The molecule has 0 bridgehead atoms. The van der Waals surface area contributed by atoms with Gasteiger partial charge in [-0.25, -0.2) is 9.97 Å². The molecule has 16 heavy (non-hydrogen) atoms. The first kappa shape index (κ1) is 8.91. The molecule has 0 radical (unpaired) electrons. The molecule has 3 rings (SSSR count). The van der Waals surface area contributed by atoms with Crippen LogP contribution in [0.5, 0.6) is 0 Å². The Hall–Kier alpha value is -2.36.